The molecule has 16 heavy (non-hydrogen) atoms. The standard InChI is InChI=1S/C12H19ClN2O/c1-5-16-11-6-9(10(13)8-14-11)7-15-12(2,3)4/h6,8,15H,5,7H2,1-4H3. The van der Waals surface area contributed by atoms with Gasteiger partial charge in [-0.15, -0.1) is 0 Å². The Hall–Kier alpha value is -0.800. The van der Waals surface area contributed by atoms with Crippen LogP contribution in [0.3, 0.4) is 0 Å². The normalized spacial score (nSPS) is 11.6. The average Bonchev–Trinajstić information content (AvgIpc) is 2.18. The summed E-state index contributed by atoms with van der Waals surface area (Å²) in [6.45, 7) is 9.61. The Kier molecular flexibility index (Phi) is 4.56. The zero-order valence-electron chi connectivity index (χ0n) is 10.3. The zero-order chi connectivity index (χ0) is 12.2. The molecule has 0 saturated heterocycles. The van der Waals surface area contributed by atoms with Crippen LogP contribution in [0.25, 0.3) is 0 Å². The van der Waals surface area contributed by atoms with Crippen molar-refractivity contribution in [1.82, 2.24) is 10.3 Å². The Morgan fingerprint density at radius 1 is 1.44 bits per heavy atom. The number of hydrogen-bond donors (Lipinski definition) is 1. The summed E-state index contributed by atoms with van der Waals surface area (Å²) in [5, 5.41) is 4.05. The third-order valence-electron chi connectivity index (χ3n) is 2.01. The topological polar surface area (TPSA) is 34.1 Å². The van der Waals surface area contributed by atoms with Crippen molar-refractivity contribution in [3.8, 4) is 5.88 Å². The van der Waals surface area contributed by atoms with Gasteiger partial charge in [0, 0.05) is 24.3 Å². The monoisotopic (exact) mass is 242 g/mol. The number of ether oxygens (including phenoxy) is 1. The Balaban J connectivity index is 2.74. The van der Waals surface area contributed by atoms with E-state index in [2.05, 4.69) is 31.1 Å². The van der Waals surface area contributed by atoms with Gasteiger partial charge >= 0.3 is 0 Å². The highest BCUT2D eigenvalue weighted by Crippen LogP contribution is 2.19. The molecule has 0 aliphatic heterocycles. The van der Waals surface area contributed by atoms with Crippen LogP contribution in [0.1, 0.15) is 33.3 Å². The average molecular weight is 243 g/mol. The van der Waals surface area contributed by atoms with E-state index in [0.717, 1.165) is 5.56 Å². The van der Waals surface area contributed by atoms with Crippen molar-refractivity contribution in [2.75, 3.05) is 6.61 Å². The quantitative estimate of drug-likeness (QED) is 0.881. The molecule has 3 nitrogen and oxygen atoms in total. The van der Waals surface area contributed by atoms with Gasteiger partial charge in [0.2, 0.25) is 5.88 Å². The van der Waals surface area contributed by atoms with E-state index < -0.39 is 0 Å². The smallest absolute Gasteiger partial charge is 0.213 e. The lowest BCUT2D eigenvalue weighted by Crippen LogP contribution is -2.35. The third kappa shape index (κ3) is 4.37. The molecule has 0 unspecified atom stereocenters. The van der Waals surface area contributed by atoms with Crippen LogP contribution in [-0.2, 0) is 6.54 Å². The summed E-state index contributed by atoms with van der Waals surface area (Å²) in [4.78, 5) is 4.09. The van der Waals surface area contributed by atoms with Gasteiger partial charge in [-0.3, -0.25) is 0 Å². The molecular weight excluding hydrogens is 224 g/mol. The van der Waals surface area contributed by atoms with E-state index in [9.17, 15) is 0 Å². The van der Waals surface area contributed by atoms with Gasteiger partial charge in [0.25, 0.3) is 0 Å². The fraction of sp³-hybridized carbons (Fsp3) is 0.583. The van der Waals surface area contributed by atoms with E-state index in [-0.39, 0.29) is 5.54 Å². The summed E-state index contributed by atoms with van der Waals surface area (Å²) in [6, 6.07) is 1.88. The molecule has 1 aromatic heterocycles. The highest BCUT2D eigenvalue weighted by molar-refractivity contribution is 6.31. The lowest BCUT2D eigenvalue weighted by Gasteiger charge is -2.21. The zero-order valence-corrected chi connectivity index (χ0v) is 11.1. The molecule has 1 heterocycles. The van der Waals surface area contributed by atoms with E-state index in [1.54, 1.807) is 6.20 Å². The molecule has 0 fully saturated rings. The molecule has 0 amide bonds. The SMILES string of the molecule is CCOc1cc(CNC(C)(C)C)c(Cl)cn1. The second kappa shape index (κ2) is 5.51. The number of nitrogens with zero attached hydrogens (tertiary/aromatic N) is 1. The molecule has 0 spiro atoms. The van der Waals surface area contributed by atoms with Gasteiger partial charge in [-0.25, -0.2) is 4.98 Å². The minimum atomic E-state index is 0.0678. The Morgan fingerprint density at radius 2 is 2.12 bits per heavy atom. The summed E-state index contributed by atoms with van der Waals surface area (Å²) in [7, 11) is 0. The molecule has 1 aromatic rings. The van der Waals surface area contributed by atoms with Gasteiger partial charge in [0.15, 0.2) is 0 Å². The molecule has 0 saturated carbocycles. The summed E-state index contributed by atoms with van der Waals surface area (Å²) >= 11 is 6.07. The van der Waals surface area contributed by atoms with E-state index in [4.69, 9.17) is 16.3 Å². The maximum absolute atomic E-state index is 6.07. The number of halogens is 1. The second-order valence-electron chi connectivity index (χ2n) is 4.65. The van der Waals surface area contributed by atoms with Crippen molar-refractivity contribution in [2.24, 2.45) is 0 Å². The Labute approximate surface area is 102 Å². The summed E-state index contributed by atoms with van der Waals surface area (Å²) in [5.41, 5.74) is 1.08. The molecule has 0 aliphatic carbocycles. The van der Waals surface area contributed by atoms with Crippen molar-refractivity contribution in [1.29, 1.82) is 0 Å². The van der Waals surface area contributed by atoms with E-state index in [1.807, 2.05) is 13.0 Å². The van der Waals surface area contributed by atoms with Gasteiger partial charge in [0.05, 0.1) is 11.6 Å². The summed E-state index contributed by atoms with van der Waals surface area (Å²) < 4.78 is 5.34. The van der Waals surface area contributed by atoms with Crippen molar-refractivity contribution in [3.05, 3.63) is 22.8 Å². The first-order valence-corrected chi connectivity index (χ1v) is 5.82. The number of nitrogens with one attached hydrogen (secondary N) is 1. The van der Waals surface area contributed by atoms with Crippen LogP contribution < -0.4 is 10.1 Å². The molecule has 1 N–H and O–H groups in total. The summed E-state index contributed by atoms with van der Waals surface area (Å²) in [5.74, 6) is 0.623. The van der Waals surface area contributed by atoms with Crippen LogP contribution in [0.4, 0.5) is 0 Å². The number of hydrogen-bond acceptors (Lipinski definition) is 3. The number of rotatable bonds is 4. The largest absolute Gasteiger partial charge is 0.478 e. The van der Waals surface area contributed by atoms with Gasteiger partial charge in [0.1, 0.15) is 0 Å². The van der Waals surface area contributed by atoms with Gasteiger partial charge in [-0.2, -0.15) is 0 Å². The highest BCUT2D eigenvalue weighted by Gasteiger charge is 2.11. The molecule has 0 bridgehead atoms. The van der Waals surface area contributed by atoms with Crippen LogP contribution >= 0.6 is 11.6 Å². The van der Waals surface area contributed by atoms with Crippen LogP contribution in [0, 0.1) is 0 Å². The van der Waals surface area contributed by atoms with Gasteiger partial charge < -0.3 is 10.1 Å². The molecule has 0 aliphatic rings. The predicted octanol–water partition coefficient (Wildman–Crippen LogP) is 3.02. The minimum absolute atomic E-state index is 0.0678. The van der Waals surface area contributed by atoms with Gasteiger partial charge in [-0.1, -0.05) is 11.6 Å². The van der Waals surface area contributed by atoms with Crippen LogP contribution in [0.15, 0.2) is 12.3 Å². The maximum Gasteiger partial charge on any atom is 0.213 e. The van der Waals surface area contributed by atoms with E-state index in [1.165, 1.54) is 0 Å². The molecular formula is C12H19ClN2O. The van der Waals surface area contributed by atoms with Crippen molar-refractivity contribution in [3.63, 3.8) is 0 Å². The molecule has 1 rings (SSSR count). The lowest BCUT2D eigenvalue weighted by atomic mass is 10.1. The molecule has 0 radical (unpaired) electrons. The molecule has 0 aromatic carbocycles. The molecule has 4 heteroatoms. The van der Waals surface area contributed by atoms with Crippen molar-refractivity contribution >= 4 is 11.6 Å². The fourth-order valence-corrected chi connectivity index (χ4v) is 1.35. The Morgan fingerprint density at radius 3 is 2.69 bits per heavy atom. The number of pyridine rings is 1. The highest BCUT2D eigenvalue weighted by atomic mass is 35.5. The third-order valence-corrected chi connectivity index (χ3v) is 2.35. The number of aromatic nitrogens is 1. The van der Waals surface area contributed by atoms with Crippen LogP contribution in [-0.4, -0.2) is 17.1 Å². The molecule has 0 atom stereocenters. The predicted molar refractivity (Wildman–Crippen MR) is 67.0 cm³/mol. The first kappa shape index (κ1) is 13.3. The first-order chi connectivity index (χ1) is 7.42. The second-order valence-corrected chi connectivity index (χ2v) is 5.06. The molecule has 90 valence electrons. The van der Waals surface area contributed by atoms with Gasteiger partial charge in [-0.05, 0) is 33.3 Å². The minimum Gasteiger partial charge on any atom is -0.478 e. The van der Waals surface area contributed by atoms with Crippen molar-refractivity contribution in [2.45, 2.75) is 39.8 Å². The van der Waals surface area contributed by atoms with E-state index in [0.29, 0.717) is 24.1 Å². The lowest BCUT2D eigenvalue weighted by molar-refractivity contribution is 0.326. The fourth-order valence-electron chi connectivity index (χ4n) is 1.18. The maximum atomic E-state index is 6.07. The first-order valence-electron chi connectivity index (χ1n) is 5.44. The van der Waals surface area contributed by atoms with E-state index >= 15 is 0 Å². The van der Waals surface area contributed by atoms with Crippen LogP contribution in [0.2, 0.25) is 5.02 Å². The van der Waals surface area contributed by atoms with Crippen LogP contribution in [0.5, 0.6) is 5.88 Å². The summed E-state index contributed by atoms with van der Waals surface area (Å²) in [6.07, 6.45) is 1.63. The Bertz CT molecular complexity index is 347. The van der Waals surface area contributed by atoms with Crippen molar-refractivity contribution < 1.29 is 4.74 Å².